The van der Waals surface area contributed by atoms with Crippen molar-refractivity contribution in [1.29, 1.82) is 0 Å². The molecule has 1 heterocycles. The van der Waals surface area contributed by atoms with Crippen molar-refractivity contribution in [3.63, 3.8) is 0 Å². The van der Waals surface area contributed by atoms with Crippen LogP contribution in [0.4, 0.5) is 0 Å². The number of fused-ring (bicyclic) bond motifs is 1. The lowest BCUT2D eigenvalue weighted by Gasteiger charge is -2.22. The Bertz CT molecular complexity index is 949. The molecule has 0 amide bonds. The molecule has 0 saturated heterocycles. The van der Waals surface area contributed by atoms with Crippen LogP contribution in [-0.2, 0) is 0 Å². The maximum Gasteiger partial charge on any atom is 0.266 e. The molecule has 1 aromatic heterocycles. The van der Waals surface area contributed by atoms with E-state index in [9.17, 15) is 4.79 Å². The van der Waals surface area contributed by atoms with Gasteiger partial charge in [-0.05, 0) is 43.7 Å². The summed E-state index contributed by atoms with van der Waals surface area (Å²) < 4.78 is 7.20. The summed E-state index contributed by atoms with van der Waals surface area (Å²) in [6.07, 6.45) is 1.85. The van der Waals surface area contributed by atoms with Gasteiger partial charge in [0.2, 0.25) is 0 Å². The van der Waals surface area contributed by atoms with Gasteiger partial charge in [-0.25, -0.2) is 4.98 Å². The predicted molar refractivity (Wildman–Crippen MR) is 105 cm³/mol. The average Bonchev–Trinajstić information content (AvgIpc) is 2.69. The highest BCUT2D eigenvalue weighted by Gasteiger charge is 2.21. The zero-order valence-corrected chi connectivity index (χ0v) is 15.5. The van der Waals surface area contributed by atoms with Gasteiger partial charge in [-0.15, -0.1) is 0 Å². The Balaban J connectivity index is 2.32. The van der Waals surface area contributed by atoms with Crippen LogP contribution < -0.4 is 15.6 Å². The Hall–Kier alpha value is -2.66. The van der Waals surface area contributed by atoms with Gasteiger partial charge >= 0.3 is 0 Å². The van der Waals surface area contributed by atoms with E-state index in [1.807, 2.05) is 48.5 Å². The molecule has 1 N–H and O–H groups in total. The van der Waals surface area contributed by atoms with E-state index in [-0.39, 0.29) is 11.6 Å². The summed E-state index contributed by atoms with van der Waals surface area (Å²) in [4.78, 5) is 18.2. The van der Waals surface area contributed by atoms with Crippen molar-refractivity contribution in [3.05, 3.63) is 64.7 Å². The van der Waals surface area contributed by atoms with Gasteiger partial charge in [-0.3, -0.25) is 9.36 Å². The minimum absolute atomic E-state index is 0.0165. The molecule has 2 aromatic carbocycles. The van der Waals surface area contributed by atoms with Crippen LogP contribution in [0.2, 0.25) is 0 Å². The maximum absolute atomic E-state index is 13.4. The zero-order chi connectivity index (χ0) is 18.5. The third kappa shape index (κ3) is 3.35. The molecule has 5 nitrogen and oxygen atoms in total. The van der Waals surface area contributed by atoms with Gasteiger partial charge in [0.15, 0.2) is 0 Å². The lowest BCUT2D eigenvalue weighted by Crippen LogP contribution is -2.31. The van der Waals surface area contributed by atoms with Gasteiger partial charge in [-0.1, -0.05) is 38.1 Å². The standard InChI is InChI=1S/C21H25N3O2/c1-4-14-22-16(5-2)20-23-17-11-7-6-10-15(17)21(25)24(20)18-12-8-9-13-19(18)26-3/h6-13,16,22H,4-5,14H2,1-3H3/t16-/m1/s1. The Morgan fingerprint density at radius 1 is 1.12 bits per heavy atom. The van der Waals surface area contributed by atoms with E-state index in [0.29, 0.717) is 22.6 Å². The van der Waals surface area contributed by atoms with E-state index in [0.717, 1.165) is 24.9 Å². The maximum atomic E-state index is 13.4. The predicted octanol–water partition coefficient (Wildman–Crippen LogP) is 3.85. The molecule has 0 spiro atoms. The third-order valence-corrected chi connectivity index (χ3v) is 4.49. The van der Waals surface area contributed by atoms with Crippen molar-refractivity contribution < 1.29 is 4.74 Å². The van der Waals surface area contributed by atoms with Crippen LogP contribution in [-0.4, -0.2) is 23.2 Å². The molecule has 1 atom stereocenters. The molecule has 0 aliphatic heterocycles. The van der Waals surface area contributed by atoms with Crippen LogP contribution in [0.25, 0.3) is 16.6 Å². The second-order valence-electron chi connectivity index (χ2n) is 6.21. The molecular weight excluding hydrogens is 326 g/mol. The summed E-state index contributed by atoms with van der Waals surface area (Å²) in [5, 5.41) is 4.12. The van der Waals surface area contributed by atoms with Crippen LogP contribution in [0.5, 0.6) is 5.75 Å². The highest BCUT2D eigenvalue weighted by Crippen LogP contribution is 2.26. The van der Waals surface area contributed by atoms with Gasteiger partial charge in [0.25, 0.3) is 5.56 Å². The summed E-state index contributed by atoms with van der Waals surface area (Å²) in [6.45, 7) is 5.09. The quantitative estimate of drug-likeness (QED) is 0.702. The molecule has 3 aromatic rings. The summed E-state index contributed by atoms with van der Waals surface area (Å²) in [5.74, 6) is 1.37. The highest BCUT2D eigenvalue weighted by atomic mass is 16.5. The van der Waals surface area contributed by atoms with E-state index in [1.165, 1.54) is 0 Å². The topological polar surface area (TPSA) is 56.2 Å². The van der Waals surface area contributed by atoms with Gasteiger partial charge in [0.05, 0.1) is 29.7 Å². The van der Waals surface area contributed by atoms with Crippen molar-refractivity contribution in [2.45, 2.75) is 32.7 Å². The molecule has 0 radical (unpaired) electrons. The number of methoxy groups -OCH3 is 1. The molecule has 0 fully saturated rings. The molecule has 0 bridgehead atoms. The Morgan fingerprint density at radius 3 is 2.58 bits per heavy atom. The van der Waals surface area contributed by atoms with Gasteiger partial charge in [-0.2, -0.15) is 0 Å². The van der Waals surface area contributed by atoms with E-state index in [4.69, 9.17) is 9.72 Å². The monoisotopic (exact) mass is 351 g/mol. The fraction of sp³-hybridized carbons (Fsp3) is 0.333. The number of rotatable bonds is 7. The van der Waals surface area contributed by atoms with Crippen molar-refractivity contribution in [2.75, 3.05) is 13.7 Å². The first-order valence-electron chi connectivity index (χ1n) is 9.09. The van der Waals surface area contributed by atoms with Crippen LogP contribution in [0.3, 0.4) is 0 Å². The number of nitrogens with zero attached hydrogens (tertiary/aromatic N) is 2. The largest absolute Gasteiger partial charge is 0.495 e. The smallest absolute Gasteiger partial charge is 0.266 e. The zero-order valence-electron chi connectivity index (χ0n) is 15.5. The minimum atomic E-state index is -0.0770. The number of para-hydroxylation sites is 3. The number of hydrogen-bond acceptors (Lipinski definition) is 4. The lowest BCUT2D eigenvalue weighted by molar-refractivity contribution is 0.410. The molecule has 136 valence electrons. The van der Waals surface area contributed by atoms with Crippen molar-refractivity contribution >= 4 is 10.9 Å². The molecule has 0 aliphatic rings. The normalized spacial score (nSPS) is 12.3. The van der Waals surface area contributed by atoms with Crippen LogP contribution in [0.15, 0.2) is 53.3 Å². The first-order valence-corrected chi connectivity index (χ1v) is 9.09. The van der Waals surface area contributed by atoms with E-state index in [2.05, 4.69) is 19.2 Å². The summed E-state index contributed by atoms with van der Waals surface area (Å²) >= 11 is 0. The third-order valence-electron chi connectivity index (χ3n) is 4.49. The Labute approximate surface area is 153 Å². The fourth-order valence-electron chi connectivity index (χ4n) is 3.17. The molecule has 26 heavy (non-hydrogen) atoms. The van der Waals surface area contributed by atoms with Crippen molar-refractivity contribution in [2.24, 2.45) is 0 Å². The molecule has 0 saturated carbocycles. The van der Waals surface area contributed by atoms with Crippen LogP contribution in [0, 0.1) is 0 Å². The molecular formula is C21H25N3O2. The van der Waals surface area contributed by atoms with E-state index < -0.39 is 0 Å². The van der Waals surface area contributed by atoms with Crippen molar-refractivity contribution in [3.8, 4) is 11.4 Å². The molecule has 3 rings (SSSR count). The number of nitrogens with one attached hydrogen (secondary N) is 1. The lowest BCUT2D eigenvalue weighted by atomic mass is 10.1. The van der Waals surface area contributed by atoms with Crippen LogP contribution in [0.1, 0.15) is 38.6 Å². The van der Waals surface area contributed by atoms with Gasteiger partial charge in [0, 0.05) is 0 Å². The van der Waals surface area contributed by atoms with E-state index >= 15 is 0 Å². The van der Waals surface area contributed by atoms with Gasteiger partial charge < -0.3 is 10.1 Å². The van der Waals surface area contributed by atoms with Crippen molar-refractivity contribution in [1.82, 2.24) is 14.9 Å². The first kappa shape index (κ1) is 18.1. The highest BCUT2D eigenvalue weighted by molar-refractivity contribution is 5.78. The SMILES string of the molecule is CCCN[C@H](CC)c1nc2ccccc2c(=O)n1-c1ccccc1OC. The summed E-state index contributed by atoms with van der Waals surface area (Å²) in [6, 6.07) is 15.0. The molecule has 0 unspecified atom stereocenters. The summed E-state index contributed by atoms with van der Waals surface area (Å²) in [7, 11) is 1.62. The number of hydrogen-bond donors (Lipinski definition) is 1. The van der Waals surface area contributed by atoms with E-state index in [1.54, 1.807) is 11.7 Å². The fourth-order valence-corrected chi connectivity index (χ4v) is 3.17. The number of ether oxygens (including phenoxy) is 1. The summed E-state index contributed by atoms with van der Waals surface area (Å²) in [5.41, 5.74) is 1.35. The molecule has 0 aliphatic carbocycles. The Kier molecular flexibility index (Phi) is 5.68. The first-order chi connectivity index (χ1) is 12.7. The number of aromatic nitrogens is 2. The van der Waals surface area contributed by atoms with Crippen LogP contribution >= 0.6 is 0 Å². The minimum Gasteiger partial charge on any atom is -0.495 e. The number of benzene rings is 2. The average molecular weight is 351 g/mol. The van der Waals surface area contributed by atoms with Gasteiger partial charge in [0.1, 0.15) is 11.6 Å². The second kappa shape index (κ2) is 8.15. The molecule has 5 heteroatoms. The second-order valence-corrected chi connectivity index (χ2v) is 6.21. The Morgan fingerprint density at radius 2 is 1.85 bits per heavy atom.